The van der Waals surface area contributed by atoms with Crippen molar-refractivity contribution in [3.05, 3.63) is 40.2 Å². The van der Waals surface area contributed by atoms with Crippen molar-refractivity contribution in [3.63, 3.8) is 0 Å². The number of hydrogen-bond acceptors (Lipinski definition) is 4. The summed E-state index contributed by atoms with van der Waals surface area (Å²) in [7, 11) is 0. The van der Waals surface area contributed by atoms with Gasteiger partial charge < -0.3 is 4.57 Å². The Labute approximate surface area is 100 Å². The van der Waals surface area contributed by atoms with Crippen LogP contribution in [0, 0.1) is 21.7 Å². The third-order valence-corrected chi connectivity index (χ3v) is 2.41. The van der Waals surface area contributed by atoms with Crippen LogP contribution in [-0.4, -0.2) is 19.7 Å². The van der Waals surface area contributed by atoms with Gasteiger partial charge in [0, 0.05) is 6.54 Å². The minimum absolute atomic E-state index is 0.0533. The highest BCUT2D eigenvalue weighted by Gasteiger charge is 2.23. The number of halogens is 2. The molecule has 94 valence electrons. The number of rotatable bonds is 3. The minimum atomic E-state index is -1.12. The van der Waals surface area contributed by atoms with E-state index in [4.69, 9.17) is 0 Å². The van der Waals surface area contributed by atoms with Gasteiger partial charge in [0.15, 0.2) is 5.82 Å². The Morgan fingerprint density at radius 1 is 1.44 bits per heavy atom. The molecular weight excluding hydrogens is 246 g/mol. The standard InChI is InChI=1S/C10H8F2N4O2/c1-2-15-5-13-14-10(15)7-3-6(11)4-8(9(7)12)16(17)18/h3-5H,2H2,1H3. The Kier molecular flexibility index (Phi) is 3.00. The fourth-order valence-corrected chi connectivity index (χ4v) is 1.57. The van der Waals surface area contributed by atoms with E-state index in [-0.39, 0.29) is 11.4 Å². The third-order valence-electron chi connectivity index (χ3n) is 2.41. The summed E-state index contributed by atoms with van der Waals surface area (Å²) in [5.74, 6) is -1.97. The molecule has 0 aliphatic rings. The quantitative estimate of drug-likeness (QED) is 0.621. The monoisotopic (exact) mass is 254 g/mol. The van der Waals surface area contributed by atoms with Gasteiger partial charge in [-0.1, -0.05) is 0 Å². The van der Waals surface area contributed by atoms with E-state index in [0.29, 0.717) is 12.6 Å². The second-order valence-electron chi connectivity index (χ2n) is 3.48. The van der Waals surface area contributed by atoms with Crippen LogP contribution in [0.1, 0.15) is 6.92 Å². The minimum Gasteiger partial charge on any atom is -0.314 e. The first-order valence-corrected chi connectivity index (χ1v) is 5.06. The van der Waals surface area contributed by atoms with Gasteiger partial charge >= 0.3 is 5.69 Å². The maximum Gasteiger partial charge on any atom is 0.308 e. The van der Waals surface area contributed by atoms with Crippen LogP contribution < -0.4 is 0 Å². The van der Waals surface area contributed by atoms with Gasteiger partial charge in [-0.3, -0.25) is 10.1 Å². The van der Waals surface area contributed by atoms with E-state index in [9.17, 15) is 18.9 Å². The van der Waals surface area contributed by atoms with Crippen LogP contribution in [0.3, 0.4) is 0 Å². The van der Waals surface area contributed by atoms with E-state index in [1.807, 2.05) is 0 Å². The molecule has 8 heteroatoms. The van der Waals surface area contributed by atoms with Gasteiger partial charge in [-0.25, -0.2) is 4.39 Å². The number of nitro groups is 1. The molecule has 0 aliphatic carbocycles. The van der Waals surface area contributed by atoms with Gasteiger partial charge in [0.1, 0.15) is 12.1 Å². The van der Waals surface area contributed by atoms with Crippen LogP contribution in [0.2, 0.25) is 0 Å². The van der Waals surface area contributed by atoms with Crippen LogP contribution in [-0.2, 0) is 6.54 Å². The molecule has 0 radical (unpaired) electrons. The van der Waals surface area contributed by atoms with Crippen molar-refractivity contribution in [1.29, 1.82) is 0 Å². The van der Waals surface area contributed by atoms with Crippen LogP contribution in [0.15, 0.2) is 18.5 Å². The lowest BCUT2D eigenvalue weighted by atomic mass is 10.1. The molecule has 0 fully saturated rings. The number of aromatic nitrogens is 3. The van der Waals surface area contributed by atoms with Gasteiger partial charge in [-0.05, 0) is 13.0 Å². The van der Waals surface area contributed by atoms with E-state index in [0.717, 1.165) is 6.07 Å². The number of nitro benzene ring substituents is 1. The number of aryl methyl sites for hydroxylation is 1. The molecule has 1 aromatic heterocycles. The van der Waals surface area contributed by atoms with Crippen molar-refractivity contribution in [2.45, 2.75) is 13.5 Å². The molecule has 2 aromatic rings. The molecule has 0 spiro atoms. The highest BCUT2D eigenvalue weighted by atomic mass is 19.1. The average Bonchev–Trinajstić information content (AvgIpc) is 2.79. The van der Waals surface area contributed by atoms with Crippen molar-refractivity contribution < 1.29 is 13.7 Å². The van der Waals surface area contributed by atoms with Crippen LogP contribution in [0.5, 0.6) is 0 Å². The Hall–Kier alpha value is -2.38. The molecule has 2 rings (SSSR count). The molecule has 6 nitrogen and oxygen atoms in total. The van der Waals surface area contributed by atoms with E-state index < -0.39 is 22.2 Å². The summed E-state index contributed by atoms with van der Waals surface area (Å²) in [6.07, 6.45) is 1.34. The molecule has 0 saturated heterocycles. The van der Waals surface area contributed by atoms with E-state index >= 15 is 0 Å². The normalized spacial score (nSPS) is 10.6. The van der Waals surface area contributed by atoms with Gasteiger partial charge in [-0.2, -0.15) is 4.39 Å². The molecule has 1 aromatic carbocycles. The second kappa shape index (κ2) is 4.47. The summed E-state index contributed by atoms with van der Waals surface area (Å²) < 4.78 is 28.6. The Bertz CT molecular complexity index is 612. The summed E-state index contributed by atoms with van der Waals surface area (Å²) in [6, 6.07) is 1.39. The Morgan fingerprint density at radius 3 is 2.78 bits per heavy atom. The van der Waals surface area contributed by atoms with Crippen LogP contribution in [0.25, 0.3) is 11.4 Å². The molecule has 18 heavy (non-hydrogen) atoms. The molecule has 0 atom stereocenters. The van der Waals surface area contributed by atoms with Gasteiger partial charge in [-0.15, -0.1) is 10.2 Å². The molecule has 0 amide bonds. The van der Waals surface area contributed by atoms with Crippen LogP contribution in [0.4, 0.5) is 14.5 Å². The Morgan fingerprint density at radius 2 is 2.17 bits per heavy atom. The SMILES string of the molecule is CCn1cnnc1-c1cc(F)cc([N+](=O)[O-])c1F. The fraction of sp³-hybridized carbons (Fsp3) is 0.200. The predicted octanol–water partition coefficient (Wildman–Crippen LogP) is 2.15. The van der Waals surface area contributed by atoms with Crippen molar-refractivity contribution >= 4 is 5.69 Å². The molecule has 0 unspecified atom stereocenters. The largest absolute Gasteiger partial charge is 0.314 e. The first kappa shape index (κ1) is 12.1. The summed E-state index contributed by atoms with van der Waals surface area (Å²) in [4.78, 5) is 9.63. The topological polar surface area (TPSA) is 73.8 Å². The van der Waals surface area contributed by atoms with Crippen molar-refractivity contribution in [2.75, 3.05) is 0 Å². The van der Waals surface area contributed by atoms with Gasteiger partial charge in [0.25, 0.3) is 0 Å². The molecular formula is C10H8F2N4O2. The lowest BCUT2D eigenvalue weighted by Crippen LogP contribution is -2.01. The van der Waals surface area contributed by atoms with Crippen molar-refractivity contribution in [3.8, 4) is 11.4 Å². The molecule has 0 aliphatic heterocycles. The van der Waals surface area contributed by atoms with Crippen LogP contribution >= 0.6 is 0 Å². The Balaban J connectivity index is 2.68. The summed E-state index contributed by atoms with van der Waals surface area (Å²) in [5.41, 5.74) is -1.20. The fourth-order valence-electron chi connectivity index (χ4n) is 1.57. The second-order valence-corrected chi connectivity index (χ2v) is 3.48. The third kappa shape index (κ3) is 1.92. The summed E-state index contributed by atoms with van der Waals surface area (Å²) in [6.45, 7) is 2.20. The summed E-state index contributed by atoms with van der Waals surface area (Å²) in [5, 5.41) is 17.8. The first-order valence-electron chi connectivity index (χ1n) is 5.06. The van der Waals surface area contributed by atoms with E-state index in [1.165, 1.54) is 10.9 Å². The zero-order valence-corrected chi connectivity index (χ0v) is 9.30. The van der Waals surface area contributed by atoms with E-state index in [1.54, 1.807) is 6.92 Å². The maximum absolute atomic E-state index is 13.9. The lowest BCUT2D eigenvalue weighted by molar-refractivity contribution is -0.387. The number of hydrogen-bond donors (Lipinski definition) is 0. The first-order chi connectivity index (χ1) is 8.54. The van der Waals surface area contributed by atoms with Gasteiger partial charge in [0.2, 0.25) is 5.82 Å². The lowest BCUT2D eigenvalue weighted by Gasteiger charge is -2.05. The zero-order chi connectivity index (χ0) is 13.3. The van der Waals surface area contributed by atoms with Crippen molar-refractivity contribution in [2.24, 2.45) is 0 Å². The van der Waals surface area contributed by atoms with Crippen molar-refractivity contribution in [1.82, 2.24) is 14.8 Å². The predicted molar refractivity (Wildman–Crippen MR) is 57.7 cm³/mol. The molecule has 0 saturated carbocycles. The molecule has 0 bridgehead atoms. The summed E-state index contributed by atoms with van der Waals surface area (Å²) >= 11 is 0. The highest BCUT2D eigenvalue weighted by molar-refractivity contribution is 5.61. The van der Waals surface area contributed by atoms with Gasteiger partial charge in [0.05, 0.1) is 16.6 Å². The number of benzene rings is 1. The van der Waals surface area contributed by atoms with E-state index in [2.05, 4.69) is 10.2 Å². The average molecular weight is 254 g/mol. The molecule has 1 heterocycles. The smallest absolute Gasteiger partial charge is 0.308 e. The molecule has 0 N–H and O–H groups in total. The highest BCUT2D eigenvalue weighted by Crippen LogP contribution is 2.29. The maximum atomic E-state index is 13.9. The zero-order valence-electron chi connectivity index (χ0n) is 9.30. The number of nitrogens with zero attached hydrogens (tertiary/aromatic N) is 4.